The lowest BCUT2D eigenvalue weighted by Crippen LogP contribution is -3.00. The molecule has 21 nitrogen and oxygen atoms in total. The summed E-state index contributed by atoms with van der Waals surface area (Å²) in [5.41, 5.74) is 15.0. The second-order valence-electron chi connectivity index (χ2n) is 25.0. The van der Waals surface area contributed by atoms with E-state index in [2.05, 4.69) is 111 Å². The van der Waals surface area contributed by atoms with Gasteiger partial charge in [0.25, 0.3) is 5.91 Å². The molecule has 4 unspecified atom stereocenters. The molecule has 0 saturated carbocycles. The minimum atomic E-state index is -1.46. The molecular weight excluding hydrogens is 1200 g/mol. The van der Waals surface area contributed by atoms with Crippen molar-refractivity contribution in [3.63, 3.8) is 0 Å². The fourth-order valence-electron chi connectivity index (χ4n) is 13.0. The lowest BCUT2D eigenvalue weighted by molar-refractivity contribution is -0.862. The molecule has 9 N–H and O–H groups in total. The van der Waals surface area contributed by atoms with Gasteiger partial charge in [-0.1, -0.05) is 103 Å². The number of methoxy groups -OCH3 is 1. The summed E-state index contributed by atoms with van der Waals surface area (Å²) in [5.74, 6) is -1.02. The lowest BCUT2D eigenvalue weighted by Gasteiger charge is -2.48. The molecule has 486 valence electrons. The highest BCUT2D eigenvalue weighted by molar-refractivity contribution is 6.00. The van der Waals surface area contributed by atoms with Crippen LogP contribution in [-0.4, -0.2) is 221 Å². The Morgan fingerprint density at radius 1 is 0.548 bits per heavy atom. The van der Waals surface area contributed by atoms with Crippen LogP contribution in [0.15, 0.2) is 140 Å². The van der Waals surface area contributed by atoms with E-state index in [0.29, 0.717) is 36.3 Å². The van der Waals surface area contributed by atoms with Gasteiger partial charge in [0.05, 0.1) is 82.4 Å². The van der Waals surface area contributed by atoms with Crippen LogP contribution in [0.3, 0.4) is 0 Å². The number of aromatic amines is 2. The first-order valence-electron chi connectivity index (χ1n) is 31.2. The number of piperazine rings is 1. The molecule has 7 aromatic rings. The van der Waals surface area contributed by atoms with Gasteiger partial charge in [0.2, 0.25) is 11.8 Å². The molecule has 8 heterocycles. The highest BCUT2D eigenvalue weighted by atomic mass is 35.5. The van der Waals surface area contributed by atoms with Gasteiger partial charge in [-0.2, -0.15) is 0 Å². The molecule has 5 aliphatic rings. The topological polar surface area (TPSA) is 269 Å². The number of quaternary nitrogens is 1. The van der Waals surface area contributed by atoms with Gasteiger partial charge in [-0.15, -0.1) is 0 Å². The van der Waals surface area contributed by atoms with Gasteiger partial charge in [-0.25, -0.2) is 9.97 Å². The number of amides is 3. The number of H-pyrrole nitrogens is 2. The van der Waals surface area contributed by atoms with Gasteiger partial charge < -0.3 is 82.2 Å². The normalized spacial score (nSPS) is 23.2. The Balaban J connectivity index is 0.00000884. The predicted octanol–water partition coefficient (Wildman–Crippen LogP) is 3.18. The zero-order valence-electron chi connectivity index (χ0n) is 52.5. The van der Waals surface area contributed by atoms with E-state index in [1.54, 1.807) is 6.92 Å². The zero-order chi connectivity index (χ0) is 64.2. The summed E-state index contributed by atoms with van der Waals surface area (Å²) >= 11 is 0. The fourth-order valence-corrected chi connectivity index (χ4v) is 13.0. The van der Waals surface area contributed by atoms with E-state index in [1.165, 1.54) is 7.11 Å². The molecule has 93 heavy (non-hydrogen) atoms. The Kier molecular flexibility index (Phi) is 20.6. The zero-order valence-corrected chi connectivity index (χ0v) is 53.2. The van der Waals surface area contributed by atoms with Crippen LogP contribution in [0.4, 0.5) is 5.69 Å². The average molecular weight is 1280 g/mol. The van der Waals surface area contributed by atoms with Gasteiger partial charge in [-0.3, -0.25) is 24.2 Å². The molecule has 4 aromatic carbocycles. The fraction of sp³-hybridized carbons (Fsp3) is 0.338. The van der Waals surface area contributed by atoms with Crippen molar-refractivity contribution in [1.29, 1.82) is 0 Å². The van der Waals surface area contributed by atoms with Crippen molar-refractivity contribution >= 4 is 69.8 Å². The van der Waals surface area contributed by atoms with Crippen LogP contribution in [0.25, 0.3) is 90.9 Å². The lowest BCUT2D eigenvalue weighted by atomic mass is 9.92. The van der Waals surface area contributed by atoms with Gasteiger partial charge >= 0.3 is 0 Å². The van der Waals surface area contributed by atoms with Crippen molar-refractivity contribution in [2.24, 2.45) is 0 Å². The minimum absolute atomic E-state index is 0. The number of hydrogen-bond acceptors (Lipinski definition) is 15. The monoisotopic (exact) mass is 1280 g/mol. The maximum atomic E-state index is 13.9. The molecule has 5 aliphatic heterocycles. The van der Waals surface area contributed by atoms with E-state index in [1.807, 2.05) is 110 Å². The molecule has 3 saturated heterocycles. The van der Waals surface area contributed by atoms with E-state index >= 15 is 0 Å². The molecule has 0 spiro atoms. The van der Waals surface area contributed by atoms with E-state index in [9.17, 15) is 34.8 Å². The number of carbonyl (C=O) groups excluding carboxylic acids is 3. The highest BCUT2D eigenvalue weighted by Crippen LogP contribution is 2.39. The first-order chi connectivity index (χ1) is 44.5. The summed E-state index contributed by atoms with van der Waals surface area (Å²) < 4.78 is 24.3. The quantitative estimate of drug-likeness (QED) is 0.0559. The number of ether oxygens (including phenoxy) is 4. The van der Waals surface area contributed by atoms with Gasteiger partial charge in [0, 0.05) is 83.3 Å². The third kappa shape index (κ3) is 14.8. The van der Waals surface area contributed by atoms with Crippen molar-refractivity contribution in [2.45, 2.75) is 68.0 Å². The highest BCUT2D eigenvalue weighted by Gasteiger charge is 2.52. The Labute approximate surface area is 545 Å². The van der Waals surface area contributed by atoms with Crippen LogP contribution in [-0.2, 0) is 33.3 Å². The first kappa shape index (κ1) is 66.2. The van der Waals surface area contributed by atoms with Crippen molar-refractivity contribution in [3.05, 3.63) is 162 Å². The molecule has 8 bridgehead atoms. The molecule has 3 amide bonds. The Hall–Kier alpha value is -8.26. The average Bonchev–Trinajstić information content (AvgIpc) is 1.78. The number of nitrogens with zero attached hydrogens (tertiary/aromatic N) is 5. The number of halogens is 1. The number of aliphatic hydroxyl groups excluding tert-OH is 4. The maximum absolute atomic E-state index is 13.9. The first-order valence-corrected chi connectivity index (χ1v) is 31.2. The largest absolute Gasteiger partial charge is 1.00 e. The Morgan fingerprint density at radius 2 is 0.946 bits per heavy atom. The molecule has 12 rings (SSSR count). The van der Waals surface area contributed by atoms with Crippen molar-refractivity contribution < 1.29 is 70.6 Å². The van der Waals surface area contributed by atoms with E-state index in [0.717, 1.165) is 89.4 Å². The van der Waals surface area contributed by atoms with E-state index < -0.39 is 80.2 Å². The number of fused-ring (bicyclic) bond motifs is 8. The van der Waals surface area contributed by atoms with Crippen LogP contribution in [0.5, 0.6) is 0 Å². The number of hydrogen-bond donors (Lipinski definition) is 9. The van der Waals surface area contributed by atoms with Gasteiger partial charge in [0.15, 0.2) is 12.8 Å². The summed E-state index contributed by atoms with van der Waals surface area (Å²) in [7, 11) is 6.90. The molecule has 0 radical (unpaired) electrons. The Morgan fingerprint density at radius 3 is 1.37 bits per heavy atom. The predicted molar refractivity (Wildman–Crippen MR) is 354 cm³/mol. The summed E-state index contributed by atoms with van der Waals surface area (Å²) in [6.45, 7) is 2.53. The number of rotatable bonds is 18. The molecular formula is C71H79ClN10O11. The molecule has 3 fully saturated rings. The van der Waals surface area contributed by atoms with Crippen LogP contribution < -0.4 is 28.4 Å². The maximum Gasteiger partial charge on any atom is 0.275 e. The van der Waals surface area contributed by atoms with Crippen LogP contribution in [0.1, 0.15) is 29.7 Å². The SMILES string of the molecule is CO[C@@H]1C(CO)O[C@@H](O[C@@H]2C(CO)O[C@@H](C)C(NC(=O)C[N+](C)(C)C)[C@H]2O)C(NC(=O)CN2CCN(CC(=O)Nc3ccc(-c4c5nc(c(-c6ccccc6)c6ccc([nH]6)c(-c6ccccc6)c6nc(c(-c7ccccc7)c7ccc4[nH]7)C=C6)C=C5)cc3)CC2)[C@H]1O.[Cl-]. The third-order valence-electron chi connectivity index (χ3n) is 17.4. The van der Waals surface area contributed by atoms with Gasteiger partial charge in [0.1, 0.15) is 42.7 Å². The number of likely N-dealkylation sites (N-methyl/N-ethyl adjacent to an activating group) is 1. The molecule has 22 heteroatoms. The van der Waals surface area contributed by atoms with Crippen molar-refractivity contribution in [3.8, 4) is 44.5 Å². The van der Waals surface area contributed by atoms with Gasteiger partial charge in [-0.05, 0) is 89.9 Å². The molecule has 10 atom stereocenters. The summed E-state index contributed by atoms with van der Waals surface area (Å²) in [6, 6.07) is 44.9. The van der Waals surface area contributed by atoms with E-state index in [4.69, 9.17) is 28.9 Å². The van der Waals surface area contributed by atoms with Crippen LogP contribution in [0.2, 0.25) is 0 Å². The van der Waals surface area contributed by atoms with Crippen molar-refractivity contribution in [2.75, 3.05) is 92.6 Å². The van der Waals surface area contributed by atoms with Crippen LogP contribution in [0, 0.1) is 0 Å². The van der Waals surface area contributed by atoms with Crippen LogP contribution >= 0.6 is 0 Å². The summed E-state index contributed by atoms with van der Waals surface area (Å²) in [6.07, 6.45) is -1.29. The minimum Gasteiger partial charge on any atom is -1.00 e. The Bertz CT molecular complexity index is 3990. The number of aromatic nitrogens is 4. The smallest absolute Gasteiger partial charge is 0.275 e. The second-order valence-corrected chi connectivity index (χ2v) is 25.0. The number of carbonyl (C=O) groups is 3. The van der Waals surface area contributed by atoms with E-state index in [-0.39, 0.29) is 43.9 Å². The summed E-state index contributed by atoms with van der Waals surface area (Å²) in [4.78, 5) is 63.1. The third-order valence-corrected chi connectivity index (χ3v) is 17.4. The molecule has 3 aromatic heterocycles. The number of anilines is 1. The standard InChI is InChI=1S/C71H78N10O11.ClH/c1-42-65(78-60(86)39-81(2,3)4)67(87)70(57(41-83)90-42)92-71-66(68(88)69(89-5)56(40-82)91-71)77-59(85)38-80-35-33-79(34-36-80)37-58(84)72-47-23-21-46(22-24-47)64-54-31-29-52(75-54)62(44-17-11-7-12-18-44)50-27-25-48(73-50)61(43-15-9-6-10-16-43)49-26-28-51(74-49)63(45-19-13-8-14-20-45)53-30-32-55(64)76-53;/h6-32,42,56-57,65-71,82-83,87-88H,33-41H2,1-5H3,(H4-,72,73,74,75,76,77,78,84,85,86);1H/t42-,56?,57?,65?,66?,67+,68+,69+,70+,71-;/m0./s1. The number of aliphatic hydroxyl groups is 4. The molecule has 0 aliphatic carbocycles. The number of benzene rings is 4. The van der Waals surface area contributed by atoms with Crippen molar-refractivity contribution in [1.82, 2.24) is 40.4 Å². The second kappa shape index (κ2) is 28.9. The summed E-state index contributed by atoms with van der Waals surface area (Å²) in [5, 5.41) is 52.8. The number of nitrogens with one attached hydrogen (secondary N) is 5.